The predicted molar refractivity (Wildman–Crippen MR) is 105 cm³/mol. The molecular weight excluding hydrogens is 340 g/mol. The summed E-state index contributed by atoms with van der Waals surface area (Å²) >= 11 is 0. The van der Waals surface area contributed by atoms with Gasteiger partial charge in [-0.1, -0.05) is 22.9 Å². The molecule has 0 radical (unpaired) electrons. The molecule has 1 aliphatic carbocycles. The van der Waals surface area contributed by atoms with Crippen molar-refractivity contribution < 1.29 is 9.32 Å². The lowest BCUT2D eigenvalue weighted by atomic mass is 10.1. The Labute approximate surface area is 160 Å². The lowest BCUT2D eigenvalue weighted by molar-refractivity contribution is -0.117. The van der Waals surface area contributed by atoms with Crippen molar-refractivity contribution in [3.05, 3.63) is 46.8 Å². The third kappa shape index (κ3) is 4.76. The summed E-state index contributed by atoms with van der Waals surface area (Å²) in [5.41, 5.74) is 4.24. The minimum atomic E-state index is 0.0565. The standard InChI is InChI=1S/C21H28N4O2/c1-15-3-6-19(16(2)11-15)22-21(26)14-25-9-7-24(8-10-25)13-18-12-20(27-23-18)17-4-5-17/h3,6,11-12,17H,4-5,7-10,13-14H2,1-2H3,(H,22,26). The topological polar surface area (TPSA) is 61.6 Å². The second kappa shape index (κ2) is 7.82. The molecule has 1 aromatic carbocycles. The molecule has 1 aliphatic heterocycles. The van der Waals surface area contributed by atoms with Gasteiger partial charge in [0.15, 0.2) is 0 Å². The first-order valence-electron chi connectivity index (χ1n) is 9.84. The number of hydrogen-bond donors (Lipinski definition) is 1. The number of benzene rings is 1. The molecule has 0 unspecified atom stereocenters. The summed E-state index contributed by atoms with van der Waals surface area (Å²) in [6.45, 7) is 9.05. The van der Waals surface area contributed by atoms with E-state index in [4.69, 9.17) is 4.52 Å². The van der Waals surface area contributed by atoms with E-state index >= 15 is 0 Å². The number of carbonyl (C=O) groups excluding carboxylic acids is 1. The van der Waals surface area contributed by atoms with Gasteiger partial charge in [-0.05, 0) is 38.3 Å². The Kier molecular flexibility index (Phi) is 5.27. The number of amides is 1. The van der Waals surface area contributed by atoms with E-state index < -0.39 is 0 Å². The van der Waals surface area contributed by atoms with Gasteiger partial charge in [0.1, 0.15) is 5.76 Å². The molecule has 1 saturated carbocycles. The van der Waals surface area contributed by atoms with Crippen LogP contribution in [0.2, 0.25) is 0 Å². The van der Waals surface area contributed by atoms with Gasteiger partial charge in [-0.25, -0.2) is 0 Å². The van der Waals surface area contributed by atoms with E-state index in [2.05, 4.69) is 39.3 Å². The van der Waals surface area contributed by atoms with E-state index in [0.717, 1.165) is 55.4 Å². The maximum Gasteiger partial charge on any atom is 0.238 e. The van der Waals surface area contributed by atoms with Gasteiger partial charge in [0.05, 0.1) is 12.2 Å². The minimum absolute atomic E-state index is 0.0565. The smallest absolute Gasteiger partial charge is 0.238 e. The fourth-order valence-electron chi connectivity index (χ4n) is 3.64. The lowest BCUT2D eigenvalue weighted by Gasteiger charge is -2.33. The molecule has 6 nitrogen and oxygen atoms in total. The minimum Gasteiger partial charge on any atom is -0.361 e. The molecule has 4 rings (SSSR count). The number of rotatable bonds is 6. The summed E-state index contributed by atoms with van der Waals surface area (Å²) < 4.78 is 5.44. The van der Waals surface area contributed by atoms with Crippen LogP contribution < -0.4 is 5.32 Å². The van der Waals surface area contributed by atoms with Crippen LogP contribution in [0.4, 0.5) is 5.69 Å². The summed E-state index contributed by atoms with van der Waals surface area (Å²) in [6, 6.07) is 8.21. The van der Waals surface area contributed by atoms with Crippen LogP contribution in [0, 0.1) is 13.8 Å². The maximum atomic E-state index is 12.4. The normalized spacial score (nSPS) is 18.6. The SMILES string of the molecule is Cc1ccc(NC(=O)CN2CCN(Cc3cc(C4CC4)on3)CC2)c(C)c1. The van der Waals surface area contributed by atoms with Gasteiger partial charge < -0.3 is 9.84 Å². The molecule has 2 aromatic rings. The molecule has 1 saturated heterocycles. The zero-order valence-corrected chi connectivity index (χ0v) is 16.2. The molecule has 2 heterocycles. The molecule has 1 N–H and O–H groups in total. The lowest BCUT2D eigenvalue weighted by Crippen LogP contribution is -2.48. The average molecular weight is 368 g/mol. The van der Waals surface area contributed by atoms with Crippen LogP contribution in [-0.2, 0) is 11.3 Å². The highest BCUT2D eigenvalue weighted by Crippen LogP contribution is 2.40. The third-order valence-corrected chi connectivity index (χ3v) is 5.43. The number of anilines is 1. The van der Waals surface area contributed by atoms with E-state index in [-0.39, 0.29) is 5.91 Å². The van der Waals surface area contributed by atoms with Crippen molar-refractivity contribution in [2.45, 2.75) is 39.2 Å². The van der Waals surface area contributed by atoms with Crippen LogP contribution in [0.3, 0.4) is 0 Å². The first-order chi connectivity index (χ1) is 13.1. The van der Waals surface area contributed by atoms with E-state index in [0.29, 0.717) is 12.5 Å². The number of nitrogens with one attached hydrogen (secondary N) is 1. The van der Waals surface area contributed by atoms with Gasteiger partial charge in [0.25, 0.3) is 0 Å². The van der Waals surface area contributed by atoms with Gasteiger partial charge in [-0.3, -0.25) is 14.6 Å². The van der Waals surface area contributed by atoms with Crippen molar-refractivity contribution in [1.29, 1.82) is 0 Å². The summed E-state index contributed by atoms with van der Waals surface area (Å²) in [5, 5.41) is 7.24. The van der Waals surface area contributed by atoms with Crippen molar-refractivity contribution in [2.75, 3.05) is 38.0 Å². The van der Waals surface area contributed by atoms with Crippen molar-refractivity contribution in [1.82, 2.24) is 15.0 Å². The second-order valence-corrected chi connectivity index (χ2v) is 7.91. The van der Waals surface area contributed by atoms with Crippen LogP contribution in [0.1, 0.15) is 41.3 Å². The highest BCUT2D eigenvalue weighted by molar-refractivity contribution is 5.93. The highest BCUT2D eigenvalue weighted by Gasteiger charge is 2.28. The average Bonchev–Trinajstić information content (AvgIpc) is 3.39. The summed E-state index contributed by atoms with van der Waals surface area (Å²) in [7, 11) is 0. The van der Waals surface area contributed by atoms with Crippen LogP contribution in [0.15, 0.2) is 28.8 Å². The summed E-state index contributed by atoms with van der Waals surface area (Å²) in [6.07, 6.45) is 2.47. The quantitative estimate of drug-likeness (QED) is 0.849. The Bertz CT molecular complexity index is 804. The molecule has 6 heteroatoms. The predicted octanol–water partition coefficient (Wildman–Crippen LogP) is 2.93. The van der Waals surface area contributed by atoms with Crippen LogP contribution in [-0.4, -0.2) is 53.6 Å². The van der Waals surface area contributed by atoms with Crippen LogP contribution in [0.5, 0.6) is 0 Å². The Morgan fingerprint density at radius 2 is 1.89 bits per heavy atom. The first kappa shape index (κ1) is 18.2. The summed E-state index contributed by atoms with van der Waals surface area (Å²) in [4.78, 5) is 17.0. The van der Waals surface area contributed by atoms with Crippen molar-refractivity contribution >= 4 is 11.6 Å². The van der Waals surface area contributed by atoms with Crippen LogP contribution >= 0.6 is 0 Å². The van der Waals surface area contributed by atoms with Crippen LogP contribution in [0.25, 0.3) is 0 Å². The molecule has 0 bridgehead atoms. The monoisotopic (exact) mass is 368 g/mol. The highest BCUT2D eigenvalue weighted by atomic mass is 16.5. The first-order valence-corrected chi connectivity index (χ1v) is 9.84. The Balaban J connectivity index is 1.22. The molecule has 2 aliphatic rings. The molecule has 2 fully saturated rings. The van der Waals surface area contributed by atoms with E-state index in [1.807, 2.05) is 19.1 Å². The number of piperazine rings is 1. The molecule has 27 heavy (non-hydrogen) atoms. The fourth-order valence-corrected chi connectivity index (χ4v) is 3.64. The number of hydrogen-bond acceptors (Lipinski definition) is 5. The number of nitrogens with zero attached hydrogens (tertiary/aromatic N) is 3. The van der Waals surface area contributed by atoms with Gasteiger partial charge >= 0.3 is 0 Å². The fraction of sp³-hybridized carbons (Fsp3) is 0.524. The van der Waals surface area contributed by atoms with Crippen molar-refractivity contribution in [3.63, 3.8) is 0 Å². The maximum absolute atomic E-state index is 12.4. The van der Waals surface area contributed by atoms with E-state index in [1.54, 1.807) is 0 Å². The second-order valence-electron chi connectivity index (χ2n) is 7.91. The van der Waals surface area contributed by atoms with Gasteiger partial charge in [0, 0.05) is 50.4 Å². The van der Waals surface area contributed by atoms with Crippen molar-refractivity contribution in [2.24, 2.45) is 0 Å². The zero-order valence-electron chi connectivity index (χ0n) is 16.2. The summed E-state index contributed by atoms with van der Waals surface area (Å²) in [5.74, 6) is 1.71. The molecule has 1 amide bonds. The Morgan fingerprint density at radius 3 is 2.59 bits per heavy atom. The molecule has 0 spiro atoms. The Morgan fingerprint density at radius 1 is 1.15 bits per heavy atom. The van der Waals surface area contributed by atoms with Crippen molar-refractivity contribution in [3.8, 4) is 0 Å². The van der Waals surface area contributed by atoms with E-state index in [1.165, 1.54) is 18.4 Å². The number of carbonyl (C=O) groups is 1. The molecule has 1 aromatic heterocycles. The third-order valence-electron chi connectivity index (χ3n) is 5.43. The molecule has 144 valence electrons. The number of aryl methyl sites for hydroxylation is 2. The molecular formula is C21H28N4O2. The van der Waals surface area contributed by atoms with Gasteiger partial charge in [-0.15, -0.1) is 0 Å². The molecule has 0 atom stereocenters. The van der Waals surface area contributed by atoms with Gasteiger partial charge in [-0.2, -0.15) is 0 Å². The van der Waals surface area contributed by atoms with Gasteiger partial charge in [0.2, 0.25) is 5.91 Å². The number of aromatic nitrogens is 1. The largest absolute Gasteiger partial charge is 0.361 e. The Hall–Kier alpha value is -2.18. The van der Waals surface area contributed by atoms with E-state index in [9.17, 15) is 4.79 Å². The zero-order chi connectivity index (χ0) is 18.8.